The Morgan fingerprint density at radius 3 is 2.71 bits per heavy atom. The van der Waals surface area contributed by atoms with Crippen molar-refractivity contribution >= 4 is 0 Å². The Kier molecular flexibility index (Phi) is 9.51. The predicted octanol–water partition coefficient (Wildman–Crippen LogP) is 4.77. The minimum atomic E-state index is 0.540. The summed E-state index contributed by atoms with van der Waals surface area (Å²) in [5.74, 6) is 0.540. The maximum Gasteiger partial charge on any atom is 0.0716 e. The summed E-state index contributed by atoms with van der Waals surface area (Å²) in [4.78, 5) is 0. The molecule has 0 aliphatic heterocycles. The van der Waals surface area contributed by atoms with Crippen LogP contribution in [0.5, 0.6) is 0 Å². The Hall–Kier alpha value is -1.38. The van der Waals surface area contributed by atoms with Crippen LogP contribution < -0.4 is 0 Å². The molecule has 0 heterocycles. The lowest BCUT2D eigenvalue weighted by Crippen LogP contribution is -2.02. The van der Waals surface area contributed by atoms with Crippen LogP contribution in [-0.2, 0) is 16.1 Å². The number of benzene rings is 1. The number of allylic oxidation sites excluding steroid dienone is 2. The molecule has 0 aliphatic rings. The Morgan fingerprint density at radius 1 is 1.29 bits per heavy atom. The molecule has 21 heavy (non-hydrogen) atoms. The summed E-state index contributed by atoms with van der Waals surface area (Å²) in [6.45, 7) is 8.17. The van der Waals surface area contributed by atoms with Crippen LogP contribution in [0.25, 0.3) is 0 Å². The Bertz CT molecular complexity index is 409. The van der Waals surface area contributed by atoms with E-state index in [-0.39, 0.29) is 0 Å². The monoisotopic (exact) mass is 288 g/mol. The molecular weight excluding hydrogens is 260 g/mol. The first-order valence-electron chi connectivity index (χ1n) is 7.65. The number of hydrogen-bond donors (Lipinski definition) is 0. The quantitative estimate of drug-likeness (QED) is 0.431. The van der Waals surface area contributed by atoms with Gasteiger partial charge in [0.05, 0.1) is 13.2 Å². The zero-order valence-corrected chi connectivity index (χ0v) is 13.4. The van der Waals surface area contributed by atoms with E-state index in [4.69, 9.17) is 9.47 Å². The second-order valence-electron chi connectivity index (χ2n) is 5.41. The highest BCUT2D eigenvalue weighted by Crippen LogP contribution is 2.16. The van der Waals surface area contributed by atoms with Gasteiger partial charge in [0.25, 0.3) is 0 Å². The predicted molar refractivity (Wildman–Crippen MR) is 89.3 cm³/mol. The van der Waals surface area contributed by atoms with E-state index < -0.39 is 0 Å². The third-order valence-corrected chi connectivity index (χ3v) is 3.34. The van der Waals surface area contributed by atoms with Crippen molar-refractivity contribution in [2.45, 2.75) is 32.8 Å². The van der Waals surface area contributed by atoms with Crippen LogP contribution in [0, 0.1) is 5.92 Å². The molecule has 1 aromatic rings. The average molecular weight is 288 g/mol. The van der Waals surface area contributed by atoms with Crippen molar-refractivity contribution in [1.82, 2.24) is 0 Å². The van der Waals surface area contributed by atoms with Crippen LogP contribution in [0.1, 0.15) is 31.7 Å². The summed E-state index contributed by atoms with van der Waals surface area (Å²) >= 11 is 0. The van der Waals surface area contributed by atoms with Gasteiger partial charge in [0.2, 0.25) is 0 Å². The minimum Gasteiger partial charge on any atom is -0.380 e. The molecule has 0 fully saturated rings. The maximum atomic E-state index is 5.73. The average Bonchev–Trinajstić information content (AvgIpc) is 2.48. The van der Waals surface area contributed by atoms with Gasteiger partial charge in [-0.3, -0.25) is 0 Å². The van der Waals surface area contributed by atoms with Crippen molar-refractivity contribution in [1.29, 1.82) is 0 Å². The molecule has 2 heteroatoms. The van der Waals surface area contributed by atoms with Crippen molar-refractivity contribution in [3.8, 4) is 0 Å². The van der Waals surface area contributed by atoms with E-state index in [9.17, 15) is 0 Å². The molecule has 0 bridgehead atoms. The van der Waals surface area contributed by atoms with Crippen LogP contribution >= 0.6 is 0 Å². The van der Waals surface area contributed by atoms with Gasteiger partial charge in [0.1, 0.15) is 0 Å². The molecule has 2 nitrogen and oxygen atoms in total. The van der Waals surface area contributed by atoms with Crippen LogP contribution in [0.15, 0.2) is 54.6 Å². The molecule has 0 saturated heterocycles. The van der Waals surface area contributed by atoms with Crippen LogP contribution in [0.4, 0.5) is 0 Å². The van der Waals surface area contributed by atoms with Crippen molar-refractivity contribution in [2.24, 2.45) is 5.92 Å². The molecule has 116 valence electrons. The molecule has 1 rings (SSSR count). The van der Waals surface area contributed by atoms with Crippen LogP contribution in [0.2, 0.25) is 0 Å². The first-order valence-corrected chi connectivity index (χ1v) is 7.65. The molecule has 0 aromatic heterocycles. The van der Waals surface area contributed by atoms with Crippen molar-refractivity contribution in [2.75, 3.05) is 20.3 Å². The molecule has 0 saturated carbocycles. The second-order valence-corrected chi connectivity index (χ2v) is 5.41. The van der Waals surface area contributed by atoms with E-state index in [0.29, 0.717) is 19.1 Å². The van der Waals surface area contributed by atoms with E-state index in [0.717, 1.165) is 25.9 Å². The van der Waals surface area contributed by atoms with Crippen LogP contribution in [-0.4, -0.2) is 20.3 Å². The number of rotatable bonds is 11. The molecule has 0 spiro atoms. The number of hydrogen-bond acceptors (Lipinski definition) is 2. The molecule has 1 aromatic carbocycles. The third-order valence-electron chi connectivity index (χ3n) is 3.34. The van der Waals surface area contributed by atoms with Gasteiger partial charge in [-0.25, -0.2) is 0 Å². The fourth-order valence-electron chi connectivity index (χ4n) is 2.37. The highest BCUT2D eigenvalue weighted by molar-refractivity contribution is 5.13. The SMILES string of the molecule is C=CCC(/C=C(\C)COC)CCCOCc1ccccc1. The number of methoxy groups -OCH3 is 1. The third kappa shape index (κ3) is 8.49. The van der Waals surface area contributed by atoms with Gasteiger partial charge in [-0.2, -0.15) is 0 Å². The summed E-state index contributed by atoms with van der Waals surface area (Å²) in [6.07, 6.45) is 7.51. The van der Waals surface area contributed by atoms with Gasteiger partial charge in [0, 0.05) is 13.7 Å². The molecule has 1 unspecified atom stereocenters. The normalized spacial score (nSPS) is 13.1. The first-order chi connectivity index (χ1) is 10.3. The fraction of sp³-hybridized carbons (Fsp3) is 0.474. The lowest BCUT2D eigenvalue weighted by molar-refractivity contribution is 0.115. The van der Waals surface area contributed by atoms with E-state index in [1.165, 1.54) is 11.1 Å². The van der Waals surface area contributed by atoms with E-state index >= 15 is 0 Å². The molecule has 0 amide bonds. The minimum absolute atomic E-state index is 0.540. The van der Waals surface area contributed by atoms with E-state index in [1.807, 2.05) is 24.3 Å². The lowest BCUT2D eigenvalue weighted by Gasteiger charge is -2.12. The van der Waals surface area contributed by atoms with Gasteiger partial charge in [-0.1, -0.05) is 48.1 Å². The van der Waals surface area contributed by atoms with Gasteiger partial charge >= 0.3 is 0 Å². The summed E-state index contributed by atoms with van der Waals surface area (Å²) in [5.41, 5.74) is 2.52. The number of ether oxygens (including phenoxy) is 2. The summed E-state index contributed by atoms with van der Waals surface area (Å²) < 4.78 is 10.9. The van der Waals surface area contributed by atoms with Crippen molar-refractivity contribution in [3.63, 3.8) is 0 Å². The summed E-state index contributed by atoms with van der Waals surface area (Å²) in [7, 11) is 1.73. The summed E-state index contributed by atoms with van der Waals surface area (Å²) in [6, 6.07) is 10.3. The highest BCUT2D eigenvalue weighted by Gasteiger charge is 2.04. The van der Waals surface area contributed by atoms with Gasteiger partial charge < -0.3 is 9.47 Å². The Labute approximate surface area is 129 Å². The largest absolute Gasteiger partial charge is 0.380 e. The van der Waals surface area contributed by atoms with Gasteiger partial charge in [-0.05, 0) is 37.7 Å². The maximum absolute atomic E-state index is 5.73. The standard InChI is InChI=1S/C19H28O2/c1-4-9-18(14-17(2)15-20-3)12-8-13-21-16-19-10-6-5-7-11-19/h4-7,10-11,14,18H,1,8-9,12-13,15-16H2,2-3H3/b17-14+. The molecule has 0 N–H and O–H groups in total. The van der Waals surface area contributed by atoms with Crippen molar-refractivity contribution < 1.29 is 9.47 Å². The van der Waals surface area contributed by atoms with E-state index in [2.05, 4.69) is 31.7 Å². The van der Waals surface area contributed by atoms with E-state index in [1.54, 1.807) is 7.11 Å². The Balaban J connectivity index is 2.24. The molecule has 0 aliphatic carbocycles. The second kappa shape index (κ2) is 11.3. The zero-order chi connectivity index (χ0) is 15.3. The fourth-order valence-corrected chi connectivity index (χ4v) is 2.37. The molecule has 1 atom stereocenters. The smallest absolute Gasteiger partial charge is 0.0716 e. The summed E-state index contributed by atoms with van der Waals surface area (Å²) in [5, 5.41) is 0. The van der Waals surface area contributed by atoms with Gasteiger partial charge in [0.15, 0.2) is 0 Å². The Morgan fingerprint density at radius 2 is 2.05 bits per heavy atom. The van der Waals surface area contributed by atoms with Crippen molar-refractivity contribution in [3.05, 3.63) is 60.2 Å². The van der Waals surface area contributed by atoms with Gasteiger partial charge in [-0.15, -0.1) is 6.58 Å². The lowest BCUT2D eigenvalue weighted by atomic mass is 9.97. The zero-order valence-electron chi connectivity index (χ0n) is 13.4. The topological polar surface area (TPSA) is 18.5 Å². The molecular formula is C19H28O2. The molecule has 0 radical (unpaired) electrons. The highest BCUT2D eigenvalue weighted by atomic mass is 16.5. The first kappa shape index (κ1) is 17.7. The van der Waals surface area contributed by atoms with Crippen LogP contribution in [0.3, 0.4) is 0 Å².